The molecule has 172 valence electrons. The van der Waals surface area contributed by atoms with E-state index in [2.05, 4.69) is 29.0 Å². The highest BCUT2D eigenvalue weighted by molar-refractivity contribution is 6.30. The van der Waals surface area contributed by atoms with Crippen LogP contribution in [0.5, 0.6) is 5.75 Å². The Balaban J connectivity index is 1.46. The summed E-state index contributed by atoms with van der Waals surface area (Å²) >= 11 is 5.89. The molecule has 0 spiro atoms. The predicted molar refractivity (Wildman–Crippen MR) is 130 cm³/mol. The summed E-state index contributed by atoms with van der Waals surface area (Å²) in [4.78, 5) is 19.9. The SMILES string of the molecule is CCN(CC)CCn1c(NC(=O)c2ccc(COc3ccc(Cl)cc3)o2)nc2ccccc21. The van der Waals surface area contributed by atoms with Crippen molar-refractivity contribution >= 4 is 34.5 Å². The standard InChI is InChI=1S/C25H27ClN4O3/c1-3-29(4-2)15-16-30-22-8-6-5-7-21(22)27-25(30)28-24(31)23-14-13-20(33-23)17-32-19-11-9-18(26)10-12-19/h5-14H,3-4,15-17H2,1-2H3,(H,27,28,31). The van der Waals surface area contributed by atoms with Crippen LogP contribution < -0.4 is 10.1 Å². The number of ether oxygens (including phenoxy) is 1. The molecule has 0 saturated heterocycles. The van der Waals surface area contributed by atoms with Crippen LogP contribution in [0.15, 0.2) is 65.1 Å². The van der Waals surface area contributed by atoms with Crippen molar-refractivity contribution in [2.45, 2.75) is 27.0 Å². The number of halogens is 1. The summed E-state index contributed by atoms with van der Waals surface area (Å²) in [5.41, 5.74) is 1.82. The minimum Gasteiger partial charge on any atom is -0.486 e. The van der Waals surface area contributed by atoms with E-state index in [0.29, 0.717) is 22.5 Å². The van der Waals surface area contributed by atoms with Crippen LogP contribution in [0, 0.1) is 0 Å². The van der Waals surface area contributed by atoms with Gasteiger partial charge < -0.3 is 18.6 Å². The van der Waals surface area contributed by atoms with Gasteiger partial charge >= 0.3 is 0 Å². The fraction of sp³-hybridized carbons (Fsp3) is 0.280. The predicted octanol–water partition coefficient (Wildman–Crippen LogP) is 5.46. The molecule has 4 aromatic rings. The van der Waals surface area contributed by atoms with Crippen molar-refractivity contribution in [1.29, 1.82) is 0 Å². The van der Waals surface area contributed by atoms with Crippen LogP contribution in [0.25, 0.3) is 11.0 Å². The molecular formula is C25H27ClN4O3. The zero-order valence-corrected chi connectivity index (χ0v) is 19.5. The van der Waals surface area contributed by atoms with Gasteiger partial charge in [-0.25, -0.2) is 4.98 Å². The van der Waals surface area contributed by atoms with E-state index in [4.69, 9.17) is 20.8 Å². The van der Waals surface area contributed by atoms with Gasteiger partial charge in [0.1, 0.15) is 18.1 Å². The number of nitrogens with zero attached hydrogens (tertiary/aromatic N) is 3. The Bertz CT molecular complexity index is 1210. The third-order valence-electron chi connectivity index (χ3n) is 5.49. The molecule has 0 fully saturated rings. The first-order chi connectivity index (χ1) is 16.1. The fourth-order valence-electron chi connectivity index (χ4n) is 3.60. The summed E-state index contributed by atoms with van der Waals surface area (Å²) in [7, 11) is 0. The van der Waals surface area contributed by atoms with Crippen LogP contribution in [0.3, 0.4) is 0 Å². The van der Waals surface area contributed by atoms with Crippen LogP contribution >= 0.6 is 11.6 Å². The molecule has 1 amide bonds. The number of hydrogen-bond acceptors (Lipinski definition) is 5. The molecule has 4 rings (SSSR count). The second kappa shape index (κ2) is 10.6. The largest absolute Gasteiger partial charge is 0.486 e. The van der Waals surface area contributed by atoms with Gasteiger partial charge in [0, 0.05) is 18.1 Å². The number of likely N-dealkylation sites (N-methyl/N-ethyl adjacent to an activating group) is 1. The number of aromatic nitrogens is 2. The van der Waals surface area contributed by atoms with Crippen LogP contribution in [-0.4, -0.2) is 40.0 Å². The highest BCUT2D eigenvalue weighted by Crippen LogP contribution is 2.21. The smallest absolute Gasteiger partial charge is 0.293 e. The van der Waals surface area contributed by atoms with Crippen molar-refractivity contribution in [2.24, 2.45) is 0 Å². The fourth-order valence-corrected chi connectivity index (χ4v) is 3.73. The van der Waals surface area contributed by atoms with Crippen LogP contribution in [-0.2, 0) is 13.2 Å². The van der Waals surface area contributed by atoms with E-state index in [0.717, 1.165) is 37.2 Å². The van der Waals surface area contributed by atoms with Crippen LogP contribution in [0.2, 0.25) is 5.02 Å². The Morgan fingerprint density at radius 1 is 1.09 bits per heavy atom. The van der Waals surface area contributed by atoms with E-state index in [-0.39, 0.29) is 18.3 Å². The molecule has 2 heterocycles. The Morgan fingerprint density at radius 2 is 1.85 bits per heavy atom. The molecule has 0 aliphatic carbocycles. The highest BCUT2D eigenvalue weighted by atomic mass is 35.5. The summed E-state index contributed by atoms with van der Waals surface area (Å²) in [5, 5.41) is 3.56. The topological polar surface area (TPSA) is 72.5 Å². The molecule has 2 aromatic heterocycles. The molecule has 0 saturated carbocycles. The minimum atomic E-state index is -0.355. The Labute approximate surface area is 197 Å². The summed E-state index contributed by atoms with van der Waals surface area (Å²) in [6.45, 7) is 8.01. The number of anilines is 1. The molecule has 0 atom stereocenters. The van der Waals surface area contributed by atoms with E-state index >= 15 is 0 Å². The lowest BCUT2D eigenvalue weighted by molar-refractivity contribution is 0.0991. The van der Waals surface area contributed by atoms with Gasteiger partial charge in [0.2, 0.25) is 5.95 Å². The number of benzene rings is 2. The summed E-state index contributed by atoms with van der Waals surface area (Å²) in [6, 6.07) is 18.3. The molecule has 0 aliphatic rings. The van der Waals surface area contributed by atoms with Crippen LogP contribution in [0.1, 0.15) is 30.2 Å². The number of imidazole rings is 1. The Morgan fingerprint density at radius 3 is 2.61 bits per heavy atom. The molecule has 0 aliphatic heterocycles. The van der Waals surface area contributed by atoms with Gasteiger partial charge in [-0.05, 0) is 61.6 Å². The first-order valence-electron chi connectivity index (χ1n) is 11.0. The van der Waals surface area contributed by atoms with Gasteiger partial charge in [-0.1, -0.05) is 37.6 Å². The van der Waals surface area contributed by atoms with Gasteiger partial charge in [0.15, 0.2) is 5.76 Å². The van der Waals surface area contributed by atoms with Crippen molar-refractivity contribution in [1.82, 2.24) is 14.5 Å². The first-order valence-corrected chi connectivity index (χ1v) is 11.4. The number of para-hydroxylation sites is 2. The zero-order valence-electron chi connectivity index (χ0n) is 18.8. The Hall–Kier alpha value is -3.29. The highest BCUT2D eigenvalue weighted by Gasteiger charge is 2.17. The maximum Gasteiger partial charge on any atom is 0.293 e. The number of rotatable bonds is 10. The number of carbonyl (C=O) groups is 1. The molecule has 0 unspecified atom stereocenters. The Kier molecular flexibility index (Phi) is 7.32. The van der Waals surface area contributed by atoms with E-state index in [1.54, 1.807) is 36.4 Å². The van der Waals surface area contributed by atoms with E-state index < -0.39 is 0 Å². The van der Waals surface area contributed by atoms with Gasteiger partial charge in [0.05, 0.1) is 11.0 Å². The maximum atomic E-state index is 12.9. The molecule has 8 heteroatoms. The number of furan rings is 1. The summed E-state index contributed by atoms with van der Waals surface area (Å²) in [6.07, 6.45) is 0. The average molecular weight is 467 g/mol. The molecule has 0 bridgehead atoms. The zero-order chi connectivity index (χ0) is 23.2. The lowest BCUT2D eigenvalue weighted by Gasteiger charge is -2.19. The normalized spacial score (nSPS) is 11.3. The van der Waals surface area contributed by atoms with Gasteiger partial charge in [-0.15, -0.1) is 0 Å². The lowest BCUT2D eigenvalue weighted by Crippen LogP contribution is -2.27. The number of fused-ring (bicyclic) bond motifs is 1. The van der Waals surface area contributed by atoms with Gasteiger partial charge in [0.25, 0.3) is 5.91 Å². The van der Waals surface area contributed by atoms with E-state index in [9.17, 15) is 4.79 Å². The third-order valence-corrected chi connectivity index (χ3v) is 5.75. The molecule has 2 aromatic carbocycles. The summed E-state index contributed by atoms with van der Waals surface area (Å²) in [5.74, 6) is 1.57. The van der Waals surface area contributed by atoms with E-state index in [1.165, 1.54) is 0 Å². The average Bonchev–Trinajstić information content (AvgIpc) is 3.44. The molecule has 7 nitrogen and oxygen atoms in total. The molecular weight excluding hydrogens is 440 g/mol. The van der Waals surface area contributed by atoms with Crippen molar-refractivity contribution in [3.05, 3.63) is 77.2 Å². The van der Waals surface area contributed by atoms with Gasteiger partial charge in [-0.3, -0.25) is 10.1 Å². The van der Waals surface area contributed by atoms with Gasteiger partial charge in [-0.2, -0.15) is 0 Å². The van der Waals surface area contributed by atoms with Crippen molar-refractivity contribution < 1.29 is 13.9 Å². The number of hydrogen-bond donors (Lipinski definition) is 1. The minimum absolute atomic E-state index is 0.201. The molecule has 0 radical (unpaired) electrons. The van der Waals surface area contributed by atoms with Crippen molar-refractivity contribution in [2.75, 3.05) is 25.0 Å². The molecule has 33 heavy (non-hydrogen) atoms. The number of nitrogens with one attached hydrogen (secondary N) is 1. The number of carbonyl (C=O) groups excluding carboxylic acids is 1. The second-order valence-electron chi connectivity index (χ2n) is 7.57. The maximum absolute atomic E-state index is 12.9. The van der Waals surface area contributed by atoms with Crippen LogP contribution in [0.4, 0.5) is 5.95 Å². The first kappa shape index (κ1) is 22.9. The quantitative estimate of drug-likeness (QED) is 0.336. The summed E-state index contributed by atoms with van der Waals surface area (Å²) < 4.78 is 13.4. The monoisotopic (exact) mass is 466 g/mol. The van der Waals surface area contributed by atoms with E-state index in [1.807, 2.05) is 28.8 Å². The van der Waals surface area contributed by atoms with Crippen molar-refractivity contribution in [3.63, 3.8) is 0 Å². The number of amides is 1. The van der Waals surface area contributed by atoms with Crippen molar-refractivity contribution in [3.8, 4) is 5.75 Å². The third kappa shape index (κ3) is 5.56. The lowest BCUT2D eigenvalue weighted by atomic mass is 10.3. The molecule has 1 N–H and O–H groups in total. The second-order valence-corrected chi connectivity index (χ2v) is 8.00.